The van der Waals surface area contributed by atoms with Crippen molar-refractivity contribution in [1.82, 2.24) is 29.7 Å². The van der Waals surface area contributed by atoms with E-state index in [9.17, 15) is 4.55 Å². The minimum atomic E-state index is -1.12. The third-order valence-corrected chi connectivity index (χ3v) is 9.22. The molecule has 1 aliphatic carbocycles. The second-order valence-corrected chi connectivity index (χ2v) is 10.8. The Morgan fingerprint density at radius 3 is 2.62 bits per heavy atom. The van der Waals surface area contributed by atoms with E-state index in [-0.39, 0.29) is 5.25 Å². The van der Waals surface area contributed by atoms with Crippen molar-refractivity contribution in [2.75, 3.05) is 5.73 Å². The molecule has 1 atom stereocenters. The van der Waals surface area contributed by atoms with Crippen LogP contribution in [0.25, 0.3) is 43.9 Å². The highest BCUT2D eigenvalue weighted by Crippen LogP contribution is 2.45. The number of rotatable bonds is 4. The van der Waals surface area contributed by atoms with Crippen LogP contribution < -0.4 is 5.73 Å². The van der Waals surface area contributed by atoms with Crippen LogP contribution in [0.4, 0.5) is 5.69 Å². The molecule has 1 saturated carbocycles. The molecule has 5 aromatic rings. The Balaban J connectivity index is 1.59. The van der Waals surface area contributed by atoms with Gasteiger partial charge in [0, 0.05) is 47.8 Å². The first kappa shape index (κ1) is 19.6. The topological polar surface area (TPSA) is 118 Å². The maximum atomic E-state index is 13.2. The van der Waals surface area contributed by atoms with Crippen LogP contribution in [0.15, 0.2) is 47.2 Å². The van der Waals surface area contributed by atoms with E-state index in [4.69, 9.17) is 10.7 Å². The molecule has 10 heteroatoms. The van der Waals surface area contributed by atoms with Crippen LogP contribution in [-0.2, 0) is 18.2 Å². The van der Waals surface area contributed by atoms with Gasteiger partial charge in [-0.2, -0.15) is 5.10 Å². The lowest BCUT2D eigenvalue weighted by Crippen LogP contribution is -2.28. The number of anilines is 1. The van der Waals surface area contributed by atoms with E-state index in [1.54, 1.807) is 29.5 Å². The van der Waals surface area contributed by atoms with Crippen LogP contribution in [0.3, 0.4) is 0 Å². The zero-order valence-electron chi connectivity index (χ0n) is 17.2. The predicted octanol–water partition coefficient (Wildman–Crippen LogP) is 3.94. The molecular weight excluding hydrogens is 442 g/mol. The maximum Gasteiger partial charge on any atom is 0.232 e. The summed E-state index contributed by atoms with van der Waals surface area (Å²) in [4.78, 5) is 18.9. The standard InChI is InChI=1S/C22H19N7OS2/c1-29-18(5-6-27-29)13-9-16(14-10-15-17(11-26-14)25-8-7-24-15)28-21-19(13)20(23)22(31-21)32(30)12-3-2-4-12/h5-12H,2-4,23H2,1H3. The number of fused-ring (bicyclic) bond motifs is 2. The van der Waals surface area contributed by atoms with Crippen molar-refractivity contribution in [2.45, 2.75) is 28.7 Å². The number of aryl methyl sites for hydroxylation is 1. The van der Waals surface area contributed by atoms with Crippen LogP contribution in [0.2, 0.25) is 0 Å². The number of aromatic nitrogens is 6. The predicted molar refractivity (Wildman–Crippen MR) is 127 cm³/mol. The molecule has 1 fully saturated rings. The zero-order valence-corrected chi connectivity index (χ0v) is 18.9. The molecule has 0 spiro atoms. The van der Waals surface area contributed by atoms with Gasteiger partial charge in [0.15, 0.2) is 0 Å². The zero-order chi connectivity index (χ0) is 21.8. The van der Waals surface area contributed by atoms with E-state index in [2.05, 4.69) is 20.1 Å². The third-order valence-electron chi connectivity index (χ3n) is 5.92. The Labute approximate surface area is 190 Å². The van der Waals surface area contributed by atoms with Crippen LogP contribution in [-0.4, -0.2) is 39.5 Å². The number of hydrogen-bond acceptors (Lipinski definition) is 8. The SMILES string of the molecule is Cn1nccc1-c1cc(-c2cc3nccnc3cn2)nc2sc([S+]([O-])C3CCC3)c(N)c12. The molecule has 0 saturated heterocycles. The number of nitrogens with zero attached hydrogens (tertiary/aromatic N) is 6. The second kappa shape index (κ2) is 7.51. The molecule has 32 heavy (non-hydrogen) atoms. The van der Waals surface area contributed by atoms with Crippen molar-refractivity contribution >= 4 is 49.5 Å². The van der Waals surface area contributed by atoms with Gasteiger partial charge in [0.05, 0.1) is 28.8 Å². The van der Waals surface area contributed by atoms with Crippen molar-refractivity contribution in [2.24, 2.45) is 7.05 Å². The molecule has 5 heterocycles. The summed E-state index contributed by atoms with van der Waals surface area (Å²) < 4.78 is 15.7. The first-order chi connectivity index (χ1) is 15.6. The van der Waals surface area contributed by atoms with Gasteiger partial charge in [-0.15, -0.1) is 0 Å². The molecule has 0 bridgehead atoms. The van der Waals surface area contributed by atoms with E-state index < -0.39 is 11.2 Å². The van der Waals surface area contributed by atoms with Gasteiger partial charge in [-0.25, -0.2) is 4.98 Å². The van der Waals surface area contributed by atoms with Gasteiger partial charge in [-0.3, -0.25) is 19.6 Å². The summed E-state index contributed by atoms with van der Waals surface area (Å²) in [6.07, 6.45) is 9.85. The van der Waals surface area contributed by atoms with Crippen LogP contribution in [0.5, 0.6) is 0 Å². The largest absolute Gasteiger partial charge is 0.611 e. The maximum absolute atomic E-state index is 13.2. The van der Waals surface area contributed by atoms with Crippen LogP contribution >= 0.6 is 11.3 Å². The highest BCUT2D eigenvalue weighted by molar-refractivity contribution is 7.94. The molecule has 5 aromatic heterocycles. The summed E-state index contributed by atoms with van der Waals surface area (Å²) in [5.74, 6) is 0. The van der Waals surface area contributed by atoms with Gasteiger partial charge >= 0.3 is 0 Å². The fraction of sp³-hybridized carbons (Fsp3) is 0.227. The van der Waals surface area contributed by atoms with Crippen molar-refractivity contribution in [3.8, 4) is 22.6 Å². The fourth-order valence-corrected chi connectivity index (χ4v) is 7.18. The molecule has 160 valence electrons. The lowest BCUT2D eigenvalue weighted by Gasteiger charge is -2.27. The number of nitrogens with two attached hydrogens (primary N) is 1. The minimum absolute atomic E-state index is 0.186. The van der Waals surface area contributed by atoms with Gasteiger partial charge in [-0.05, 0) is 37.5 Å². The molecule has 0 aliphatic heterocycles. The minimum Gasteiger partial charge on any atom is -0.611 e. The third kappa shape index (κ3) is 3.06. The van der Waals surface area contributed by atoms with Crippen LogP contribution in [0, 0.1) is 0 Å². The normalized spacial score (nSPS) is 15.3. The molecule has 6 rings (SSSR count). The van der Waals surface area contributed by atoms with E-state index in [1.165, 1.54) is 11.3 Å². The molecule has 1 aliphatic rings. The molecular formula is C22H19N7OS2. The molecule has 1 unspecified atom stereocenters. The second-order valence-electron chi connectivity index (χ2n) is 7.84. The number of thiophene rings is 1. The van der Waals surface area contributed by atoms with E-state index in [0.717, 1.165) is 56.0 Å². The number of pyridine rings is 2. The van der Waals surface area contributed by atoms with Crippen molar-refractivity contribution in [3.05, 3.63) is 43.0 Å². The lowest BCUT2D eigenvalue weighted by atomic mass is 10.0. The summed E-state index contributed by atoms with van der Waals surface area (Å²) in [6.45, 7) is 0. The van der Waals surface area contributed by atoms with Gasteiger partial charge in [0.2, 0.25) is 4.21 Å². The van der Waals surface area contributed by atoms with E-state index >= 15 is 0 Å². The van der Waals surface area contributed by atoms with Gasteiger partial charge in [0.1, 0.15) is 21.3 Å². The number of hydrogen-bond donors (Lipinski definition) is 1. The highest BCUT2D eigenvalue weighted by Gasteiger charge is 2.35. The van der Waals surface area contributed by atoms with Gasteiger partial charge in [-0.1, -0.05) is 11.3 Å². The molecule has 8 nitrogen and oxygen atoms in total. The van der Waals surface area contributed by atoms with Crippen molar-refractivity contribution < 1.29 is 4.55 Å². The Morgan fingerprint density at radius 2 is 1.91 bits per heavy atom. The van der Waals surface area contributed by atoms with Gasteiger partial charge in [0.25, 0.3) is 0 Å². The Bertz CT molecular complexity index is 1470. The summed E-state index contributed by atoms with van der Waals surface area (Å²) in [5.41, 5.74) is 11.8. The summed E-state index contributed by atoms with van der Waals surface area (Å²) >= 11 is 0.299. The fourth-order valence-electron chi connectivity index (χ4n) is 3.97. The van der Waals surface area contributed by atoms with Crippen molar-refractivity contribution in [3.63, 3.8) is 0 Å². The molecule has 2 N–H and O–H groups in total. The average Bonchev–Trinajstić information content (AvgIpc) is 3.34. The molecule has 0 radical (unpaired) electrons. The summed E-state index contributed by atoms with van der Waals surface area (Å²) in [6, 6.07) is 5.80. The average molecular weight is 462 g/mol. The van der Waals surface area contributed by atoms with Gasteiger partial charge < -0.3 is 10.3 Å². The lowest BCUT2D eigenvalue weighted by molar-refractivity contribution is 0.478. The Hall–Kier alpha value is -3.08. The summed E-state index contributed by atoms with van der Waals surface area (Å²) in [7, 11) is 1.89. The summed E-state index contributed by atoms with van der Waals surface area (Å²) in [5, 5.41) is 5.34. The Morgan fingerprint density at radius 1 is 1.09 bits per heavy atom. The van der Waals surface area contributed by atoms with E-state index in [0.29, 0.717) is 17.1 Å². The first-order valence-electron chi connectivity index (χ1n) is 10.3. The van der Waals surface area contributed by atoms with E-state index in [1.807, 2.05) is 25.2 Å². The molecule has 0 amide bonds. The number of nitrogen functional groups attached to an aromatic ring is 1. The Kier molecular flexibility index (Phi) is 4.60. The van der Waals surface area contributed by atoms with Crippen molar-refractivity contribution in [1.29, 1.82) is 0 Å². The smallest absolute Gasteiger partial charge is 0.232 e. The highest BCUT2D eigenvalue weighted by atomic mass is 32.2. The monoisotopic (exact) mass is 461 g/mol. The van der Waals surface area contributed by atoms with Crippen LogP contribution in [0.1, 0.15) is 19.3 Å². The quantitative estimate of drug-likeness (QED) is 0.403. The first-order valence-corrected chi connectivity index (χ1v) is 12.3. The molecule has 0 aromatic carbocycles.